The van der Waals surface area contributed by atoms with Gasteiger partial charge in [-0.15, -0.1) is 0 Å². The first-order chi connectivity index (χ1) is 15.4. The van der Waals surface area contributed by atoms with Crippen LogP contribution in [0.1, 0.15) is 48.9 Å². The fourth-order valence-electron chi connectivity index (χ4n) is 3.99. The van der Waals surface area contributed by atoms with E-state index < -0.39 is 18.5 Å². The van der Waals surface area contributed by atoms with Gasteiger partial charge in [0.15, 0.2) is 6.61 Å². The summed E-state index contributed by atoms with van der Waals surface area (Å²) in [6, 6.07) is 11.5. The number of nitrogens with zero attached hydrogens (tertiary/aromatic N) is 2. The van der Waals surface area contributed by atoms with Crippen LogP contribution in [0.5, 0.6) is 0 Å². The summed E-state index contributed by atoms with van der Waals surface area (Å²) < 4.78 is 6.80. The van der Waals surface area contributed by atoms with E-state index in [1.807, 2.05) is 44.2 Å². The normalized spacial score (nSPS) is 13.8. The fraction of sp³-hybridized carbons (Fsp3) is 0.417. The topological polar surface area (TPSA) is 113 Å². The quantitative estimate of drug-likeness (QED) is 0.648. The number of carbonyl (C=O) groups is 3. The van der Waals surface area contributed by atoms with Crippen molar-refractivity contribution in [3.8, 4) is 11.8 Å². The van der Waals surface area contributed by atoms with Crippen LogP contribution in [-0.4, -0.2) is 35.5 Å². The Labute approximate surface area is 187 Å². The zero-order valence-electron chi connectivity index (χ0n) is 18.4. The second-order valence-electron chi connectivity index (χ2n) is 7.98. The average molecular weight is 437 g/mol. The number of ether oxygens (including phenoxy) is 1. The molecule has 1 aliphatic carbocycles. The number of benzene rings is 1. The summed E-state index contributed by atoms with van der Waals surface area (Å²) in [5.41, 5.74) is 2.73. The molecule has 1 aromatic heterocycles. The molecular weight excluding hydrogens is 408 g/mol. The van der Waals surface area contributed by atoms with Gasteiger partial charge in [0.05, 0.1) is 5.56 Å². The molecule has 0 bridgehead atoms. The van der Waals surface area contributed by atoms with Crippen molar-refractivity contribution in [3.63, 3.8) is 0 Å². The number of aromatic nitrogens is 1. The lowest BCUT2D eigenvalue weighted by atomic mass is 9.89. The van der Waals surface area contributed by atoms with E-state index in [4.69, 9.17) is 4.74 Å². The summed E-state index contributed by atoms with van der Waals surface area (Å²) in [7, 11) is 0. The maximum Gasteiger partial charge on any atom is 0.325 e. The van der Waals surface area contributed by atoms with Gasteiger partial charge in [-0.3, -0.25) is 19.0 Å². The lowest BCUT2D eigenvalue weighted by molar-refractivity contribution is -0.147. The Balaban J connectivity index is 1.59. The molecule has 1 heterocycles. The van der Waals surface area contributed by atoms with Crippen molar-refractivity contribution in [3.05, 3.63) is 47.2 Å². The summed E-state index contributed by atoms with van der Waals surface area (Å²) in [6.07, 6.45) is 4.87. The molecule has 0 aliphatic heterocycles. The predicted octanol–water partition coefficient (Wildman–Crippen LogP) is 3.14. The second kappa shape index (κ2) is 10.6. The predicted molar refractivity (Wildman–Crippen MR) is 119 cm³/mol. The highest BCUT2D eigenvalue weighted by molar-refractivity contribution is 5.94. The first kappa shape index (κ1) is 23.1. The van der Waals surface area contributed by atoms with Crippen molar-refractivity contribution >= 4 is 23.6 Å². The van der Waals surface area contributed by atoms with Gasteiger partial charge in [0.2, 0.25) is 5.91 Å². The molecule has 168 valence electrons. The first-order valence-corrected chi connectivity index (χ1v) is 10.8. The Morgan fingerprint density at radius 1 is 1.12 bits per heavy atom. The van der Waals surface area contributed by atoms with Crippen LogP contribution >= 0.6 is 0 Å². The average Bonchev–Trinajstić information content (AvgIpc) is 3.05. The smallest absolute Gasteiger partial charge is 0.325 e. The Morgan fingerprint density at radius 3 is 2.47 bits per heavy atom. The minimum atomic E-state index is -0.685. The lowest BCUT2D eigenvalue weighted by Crippen LogP contribution is -2.36. The molecule has 0 unspecified atom stereocenters. The van der Waals surface area contributed by atoms with Crippen molar-refractivity contribution in [2.24, 2.45) is 5.92 Å². The van der Waals surface area contributed by atoms with Crippen molar-refractivity contribution in [2.45, 2.75) is 46.0 Å². The van der Waals surface area contributed by atoms with Gasteiger partial charge in [0, 0.05) is 17.3 Å². The van der Waals surface area contributed by atoms with Crippen LogP contribution < -0.4 is 10.6 Å². The van der Waals surface area contributed by atoms with E-state index in [1.54, 1.807) is 4.57 Å². The minimum Gasteiger partial charge on any atom is -0.454 e. The molecule has 8 heteroatoms. The number of hydrogen-bond acceptors (Lipinski definition) is 5. The molecule has 3 rings (SSSR count). The van der Waals surface area contributed by atoms with Crippen molar-refractivity contribution in [2.75, 3.05) is 18.5 Å². The number of amides is 2. The van der Waals surface area contributed by atoms with Gasteiger partial charge in [-0.05, 0) is 44.4 Å². The van der Waals surface area contributed by atoms with E-state index in [2.05, 4.69) is 16.7 Å². The molecule has 1 fully saturated rings. The van der Waals surface area contributed by atoms with Gasteiger partial charge in [-0.1, -0.05) is 37.5 Å². The van der Waals surface area contributed by atoms with E-state index >= 15 is 0 Å². The van der Waals surface area contributed by atoms with Crippen LogP contribution in [-0.2, 0) is 19.1 Å². The molecule has 0 atom stereocenters. The highest BCUT2D eigenvalue weighted by atomic mass is 16.5. The van der Waals surface area contributed by atoms with Gasteiger partial charge in [0.25, 0.3) is 5.91 Å². The summed E-state index contributed by atoms with van der Waals surface area (Å²) in [4.78, 5) is 36.6. The largest absolute Gasteiger partial charge is 0.454 e. The van der Waals surface area contributed by atoms with E-state index in [0.717, 1.165) is 49.0 Å². The second-order valence-corrected chi connectivity index (χ2v) is 7.98. The third kappa shape index (κ3) is 5.35. The summed E-state index contributed by atoms with van der Waals surface area (Å²) in [5, 5.41) is 14.9. The van der Waals surface area contributed by atoms with Gasteiger partial charge < -0.3 is 15.4 Å². The highest BCUT2D eigenvalue weighted by Crippen LogP contribution is 2.29. The molecule has 1 aliphatic rings. The summed E-state index contributed by atoms with van der Waals surface area (Å²) in [5.74, 6) is -1.11. The molecule has 0 radical (unpaired) electrons. The van der Waals surface area contributed by atoms with Crippen LogP contribution in [0, 0.1) is 31.1 Å². The van der Waals surface area contributed by atoms with Crippen LogP contribution in [0.3, 0.4) is 0 Å². The monoisotopic (exact) mass is 436 g/mol. The number of esters is 1. The van der Waals surface area contributed by atoms with Crippen molar-refractivity contribution in [1.29, 1.82) is 5.26 Å². The molecular formula is C24H28N4O4. The lowest BCUT2D eigenvalue weighted by Gasteiger charge is -2.20. The Bertz CT molecular complexity index is 1030. The molecule has 2 N–H and O–H groups in total. The standard InChI is InChI=1S/C24H28N4O4/c1-16-17(2)28(19-11-7-4-8-12-19)23(20(16)13-25)27-21(29)15-32-22(30)14-26-24(31)18-9-5-3-6-10-18/h4,7-8,11-12,18H,3,5-6,9-10,14-15H2,1-2H3,(H,26,31)(H,27,29). The molecule has 8 nitrogen and oxygen atoms in total. The minimum absolute atomic E-state index is 0.0542. The molecule has 1 aromatic carbocycles. The van der Waals surface area contributed by atoms with Crippen molar-refractivity contribution in [1.82, 2.24) is 9.88 Å². The number of anilines is 1. The number of rotatable bonds is 7. The highest BCUT2D eigenvalue weighted by Gasteiger charge is 2.23. The molecule has 2 amide bonds. The maximum atomic E-state index is 12.5. The van der Waals surface area contributed by atoms with Gasteiger partial charge in [0.1, 0.15) is 18.4 Å². The number of nitriles is 1. The third-order valence-corrected chi connectivity index (χ3v) is 5.84. The molecule has 2 aromatic rings. The molecule has 32 heavy (non-hydrogen) atoms. The van der Waals surface area contributed by atoms with Crippen LogP contribution in [0.2, 0.25) is 0 Å². The fourth-order valence-corrected chi connectivity index (χ4v) is 3.99. The van der Waals surface area contributed by atoms with Crippen LogP contribution in [0.15, 0.2) is 30.3 Å². The van der Waals surface area contributed by atoms with E-state index in [1.165, 1.54) is 0 Å². The summed E-state index contributed by atoms with van der Waals surface area (Å²) >= 11 is 0. The van der Waals surface area contributed by atoms with Gasteiger partial charge in [-0.2, -0.15) is 5.26 Å². The zero-order valence-corrected chi connectivity index (χ0v) is 18.4. The number of nitrogens with one attached hydrogen (secondary N) is 2. The Morgan fingerprint density at radius 2 is 1.81 bits per heavy atom. The number of hydrogen-bond donors (Lipinski definition) is 2. The van der Waals surface area contributed by atoms with E-state index in [0.29, 0.717) is 11.4 Å². The van der Waals surface area contributed by atoms with E-state index in [-0.39, 0.29) is 18.4 Å². The van der Waals surface area contributed by atoms with Crippen molar-refractivity contribution < 1.29 is 19.1 Å². The van der Waals surface area contributed by atoms with Gasteiger partial charge in [-0.25, -0.2) is 0 Å². The first-order valence-electron chi connectivity index (χ1n) is 10.8. The molecule has 0 saturated heterocycles. The summed E-state index contributed by atoms with van der Waals surface area (Å²) in [6.45, 7) is 2.90. The SMILES string of the molecule is Cc1c(C#N)c(NC(=O)COC(=O)CNC(=O)C2CCCCC2)n(-c2ccccc2)c1C. The van der Waals surface area contributed by atoms with E-state index in [9.17, 15) is 19.6 Å². The Hall–Kier alpha value is -3.60. The maximum absolute atomic E-state index is 12.5. The number of carbonyl (C=O) groups excluding carboxylic acids is 3. The molecule has 0 spiro atoms. The Kier molecular flexibility index (Phi) is 7.66. The van der Waals surface area contributed by atoms with Crippen LogP contribution in [0.4, 0.5) is 5.82 Å². The number of para-hydroxylation sites is 1. The zero-order chi connectivity index (χ0) is 23.1. The van der Waals surface area contributed by atoms with Crippen LogP contribution in [0.25, 0.3) is 5.69 Å². The molecule has 1 saturated carbocycles. The van der Waals surface area contributed by atoms with Gasteiger partial charge >= 0.3 is 5.97 Å². The third-order valence-electron chi connectivity index (χ3n) is 5.84.